The molecule has 0 fully saturated rings. The highest BCUT2D eigenvalue weighted by molar-refractivity contribution is 7.74. The van der Waals surface area contributed by atoms with E-state index in [9.17, 15) is 0 Å². The second-order valence-electron chi connectivity index (χ2n) is 4.74. The Balaban J connectivity index is 3.16. The molecule has 0 aliphatic heterocycles. The summed E-state index contributed by atoms with van der Waals surface area (Å²) < 4.78 is 0. The van der Waals surface area contributed by atoms with Crippen LogP contribution < -0.4 is 0 Å². The molecule has 0 nitrogen and oxygen atoms in total. The van der Waals surface area contributed by atoms with Gasteiger partial charge in [-0.2, -0.15) is 0 Å². The van der Waals surface area contributed by atoms with Crippen molar-refractivity contribution in [3.8, 4) is 0 Å². The predicted octanol–water partition coefficient (Wildman–Crippen LogP) is 4.64. The standard InChI is InChI=1S/C12H28P/c1-5-7-8-9-10-11-12-13(3,4)6-2/h5-12H2,1-4H3/q+1. The van der Waals surface area contributed by atoms with E-state index in [-0.39, 0.29) is 0 Å². The first-order chi connectivity index (χ1) is 6.12. The molecule has 0 heterocycles. The summed E-state index contributed by atoms with van der Waals surface area (Å²) in [4.78, 5) is 0. The van der Waals surface area contributed by atoms with Crippen LogP contribution in [-0.4, -0.2) is 25.7 Å². The van der Waals surface area contributed by atoms with Crippen LogP contribution in [0.15, 0.2) is 0 Å². The Labute approximate surface area is 85.8 Å². The summed E-state index contributed by atoms with van der Waals surface area (Å²) in [6, 6.07) is 0. The van der Waals surface area contributed by atoms with Gasteiger partial charge in [0.1, 0.15) is 0 Å². The minimum Gasteiger partial charge on any atom is -0.0654 e. The van der Waals surface area contributed by atoms with E-state index in [2.05, 4.69) is 27.2 Å². The van der Waals surface area contributed by atoms with Crippen molar-refractivity contribution in [1.29, 1.82) is 0 Å². The summed E-state index contributed by atoms with van der Waals surface area (Å²) in [6.45, 7) is 9.63. The van der Waals surface area contributed by atoms with E-state index in [1.807, 2.05) is 0 Å². The van der Waals surface area contributed by atoms with Crippen LogP contribution >= 0.6 is 7.26 Å². The molecule has 1 heteroatoms. The maximum atomic E-state index is 2.50. The predicted molar refractivity (Wildman–Crippen MR) is 67.6 cm³/mol. The molecule has 0 radical (unpaired) electrons. The zero-order chi connectivity index (χ0) is 10.2. The first-order valence-electron chi connectivity index (χ1n) is 5.94. The fraction of sp³-hybridized carbons (Fsp3) is 1.00. The fourth-order valence-electron chi connectivity index (χ4n) is 1.48. The smallest absolute Gasteiger partial charge is 0.0588 e. The molecule has 0 rings (SSSR count). The summed E-state index contributed by atoms with van der Waals surface area (Å²) in [5, 5.41) is 0. The molecular weight excluding hydrogens is 175 g/mol. The molecule has 0 saturated heterocycles. The molecule has 13 heavy (non-hydrogen) atoms. The van der Waals surface area contributed by atoms with Gasteiger partial charge in [-0.15, -0.1) is 0 Å². The molecular formula is C12H28P+. The summed E-state index contributed by atoms with van der Waals surface area (Å²) in [5.41, 5.74) is 0. The van der Waals surface area contributed by atoms with Crippen molar-refractivity contribution in [3.05, 3.63) is 0 Å². The third-order valence-electron chi connectivity index (χ3n) is 2.97. The molecule has 0 atom stereocenters. The van der Waals surface area contributed by atoms with Crippen LogP contribution in [-0.2, 0) is 0 Å². The highest BCUT2D eigenvalue weighted by Crippen LogP contribution is 2.51. The third kappa shape index (κ3) is 8.75. The quantitative estimate of drug-likeness (QED) is 0.398. The van der Waals surface area contributed by atoms with Crippen molar-refractivity contribution in [1.82, 2.24) is 0 Å². The SMILES string of the molecule is CCCCCCCC[P+](C)(C)CC. The Hall–Kier alpha value is 0.430. The maximum absolute atomic E-state index is 2.50. The molecule has 0 amide bonds. The Morgan fingerprint density at radius 3 is 1.85 bits per heavy atom. The van der Waals surface area contributed by atoms with Crippen molar-refractivity contribution in [2.75, 3.05) is 25.7 Å². The zero-order valence-corrected chi connectivity index (χ0v) is 11.0. The van der Waals surface area contributed by atoms with E-state index in [1.165, 1.54) is 50.8 Å². The first kappa shape index (κ1) is 13.4. The lowest BCUT2D eigenvalue weighted by Crippen LogP contribution is -1.97. The maximum Gasteiger partial charge on any atom is 0.0588 e. The van der Waals surface area contributed by atoms with E-state index in [0.29, 0.717) is 0 Å². The van der Waals surface area contributed by atoms with Gasteiger partial charge in [-0.25, -0.2) is 0 Å². The Morgan fingerprint density at radius 1 is 0.769 bits per heavy atom. The molecule has 80 valence electrons. The van der Waals surface area contributed by atoms with Gasteiger partial charge in [0.05, 0.1) is 12.3 Å². The van der Waals surface area contributed by atoms with E-state index >= 15 is 0 Å². The molecule has 0 aliphatic carbocycles. The van der Waals surface area contributed by atoms with E-state index < -0.39 is 7.26 Å². The van der Waals surface area contributed by atoms with E-state index in [0.717, 1.165) is 0 Å². The lowest BCUT2D eigenvalue weighted by atomic mass is 10.1. The third-order valence-corrected chi connectivity index (χ3v) is 6.21. The Bertz CT molecular complexity index is 108. The van der Waals surface area contributed by atoms with Crippen molar-refractivity contribution < 1.29 is 0 Å². The van der Waals surface area contributed by atoms with Crippen LogP contribution in [0.3, 0.4) is 0 Å². The molecule has 0 aliphatic rings. The normalized spacial score (nSPS) is 12.0. The van der Waals surface area contributed by atoms with E-state index in [1.54, 1.807) is 0 Å². The average Bonchev–Trinajstić information content (AvgIpc) is 2.11. The monoisotopic (exact) mass is 203 g/mol. The van der Waals surface area contributed by atoms with Gasteiger partial charge < -0.3 is 0 Å². The summed E-state index contributed by atoms with van der Waals surface area (Å²) in [7, 11) is -0.479. The van der Waals surface area contributed by atoms with E-state index in [4.69, 9.17) is 0 Å². The molecule has 0 saturated carbocycles. The molecule has 0 N–H and O–H groups in total. The molecule has 0 unspecified atom stereocenters. The number of hydrogen-bond acceptors (Lipinski definition) is 0. The molecule has 0 spiro atoms. The molecule has 0 aromatic carbocycles. The van der Waals surface area contributed by atoms with Gasteiger partial charge >= 0.3 is 0 Å². The topological polar surface area (TPSA) is 0 Å². The van der Waals surface area contributed by atoms with Crippen molar-refractivity contribution in [2.45, 2.75) is 52.4 Å². The summed E-state index contributed by atoms with van der Waals surface area (Å²) in [5.74, 6) is 0. The van der Waals surface area contributed by atoms with Crippen LogP contribution in [0.1, 0.15) is 52.4 Å². The highest BCUT2D eigenvalue weighted by Gasteiger charge is 2.20. The van der Waals surface area contributed by atoms with Crippen LogP contribution in [0.25, 0.3) is 0 Å². The van der Waals surface area contributed by atoms with Crippen LogP contribution in [0, 0.1) is 0 Å². The largest absolute Gasteiger partial charge is 0.0654 e. The van der Waals surface area contributed by atoms with Crippen molar-refractivity contribution >= 4 is 7.26 Å². The van der Waals surface area contributed by atoms with Gasteiger partial charge in [0.2, 0.25) is 0 Å². The number of rotatable bonds is 8. The Morgan fingerprint density at radius 2 is 1.31 bits per heavy atom. The van der Waals surface area contributed by atoms with Gasteiger partial charge in [-0.3, -0.25) is 0 Å². The van der Waals surface area contributed by atoms with Crippen LogP contribution in [0.5, 0.6) is 0 Å². The molecule has 0 bridgehead atoms. The second kappa shape index (κ2) is 7.80. The molecule has 0 aromatic heterocycles. The zero-order valence-electron chi connectivity index (χ0n) is 10.1. The summed E-state index contributed by atoms with van der Waals surface area (Å²) >= 11 is 0. The minimum atomic E-state index is -0.479. The molecule has 0 aromatic rings. The minimum absolute atomic E-state index is 0.479. The van der Waals surface area contributed by atoms with Gasteiger partial charge in [-0.1, -0.05) is 32.6 Å². The lowest BCUT2D eigenvalue weighted by Gasteiger charge is -2.15. The van der Waals surface area contributed by atoms with Gasteiger partial charge in [0, 0.05) is 20.6 Å². The van der Waals surface area contributed by atoms with Gasteiger partial charge in [0.25, 0.3) is 0 Å². The van der Waals surface area contributed by atoms with Crippen molar-refractivity contribution in [3.63, 3.8) is 0 Å². The lowest BCUT2D eigenvalue weighted by molar-refractivity contribution is 0.625. The average molecular weight is 203 g/mol. The van der Waals surface area contributed by atoms with Crippen molar-refractivity contribution in [2.24, 2.45) is 0 Å². The summed E-state index contributed by atoms with van der Waals surface area (Å²) in [6.07, 6.45) is 11.7. The first-order valence-corrected chi connectivity index (χ1v) is 8.99. The number of hydrogen-bond donors (Lipinski definition) is 0. The highest BCUT2D eigenvalue weighted by atomic mass is 31.2. The van der Waals surface area contributed by atoms with Gasteiger partial charge in [0.15, 0.2) is 0 Å². The number of unbranched alkanes of at least 4 members (excludes halogenated alkanes) is 5. The fourth-order valence-corrected chi connectivity index (χ4v) is 2.87. The van der Waals surface area contributed by atoms with Crippen LogP contribution in [0.2, 0.25) is 0 Å². The van der Waals surface area contributed by atoms with Crippen LogP contribution in [0.4, 0.5) is 0 Å². The Kier molecular flexibility index (Phi) is 8.06. The second-order valence-corrected chi connectivity index (χ2v) is 9.69. The van der Waals surface area contributed by atoms with Gasteiger partial charge in [-0.05, 0) is 19.8 Å².